The summed E-state index contributed by atoms with van der Waals surface area (Å²) in [5, 5.41) is 9.33. The van der Waals surface area contributed by atoms with Gasteiger partial charge in [-0.15, -0.1) is 0 Å². The molecule has 29 heavy (non-hydrogen) atoms. The maximum absolute atomic E-state index is 12.1. The van der Waals surface area contributed by atoms with Crippen LogP contribution in [0.3, 0.4) is 0 Å². The number of likely N-dealkylation sites (N-methyl/N-ethyl adjacent to an activating group) is 1. The second-order valence-corrected chi connectivity index (χ2v) is 8.27. The van der Waals surface area contributed by atoms with E-state index in [1.54, 1.807) is 0 Å². The monoisotopic (exact) mass is 418 g/mol. The van der Waals surface area contributed by atoms with Gasteiger partial charge in [-0.25, -0.2) is 4.79 Å². The number of carboxylic acid groups (broad SMARTS) is 1. The van der Waals surface area contributed by atoms with Crippen molar-refractivity contribution in [2.45, 2.75) is 77.4 Å². The molecule has 0 rings (SSSR count). The maximum Gasteiger partial charge on any atom is 0.362 e. The average Bonchev–Trinajstić information content (AvgIpc) is 2.60. The van der Waals surface area contributed by atoms with Gasteiger partial charge in [-0.3, -0.25) is 9.59 Å². The van der Waals surface area contributed by atoms with Crippen LogP contribution in [0.1, 0.15) is 65.2 Å². The van der Waals surface area contributed by atoms with Crippen molar-refractivity contribution in [3.05, 3.63) is 0 Å². The summed E-state index contributed by atoms with van der Waals surface area (Å²) in [4.78, 5) is 34.5. The van der Waals surface area contributed by atoms with Crippen molar-refractivity contribution >= 4 is 17.9 Å². The van der Waals surface area contributed by atoms with E-state index in [9.17, 15) is 19.5 Å². The molecule has 0 aliphatic carbocycles. The molecule has 8 heteroatoms. The number of aliphatic carboxylic acids is 1. The molecule has 0 aromatic carbocycles. The van der Waals surface area contributed by atoms with Crippen molar-refractivity contribution < 1.29 is 38.2 Å². The van der Waals surface area contributed by atoms with Crippen molar-refractivity contribution in [3.8, 4) is 0 Å². The molecule has 0 aromatic heterocycles. The van der Waals surface area contributed by atoms with Gasteiger partial charge in [0, 0.05) is 19.8 Å². The molecule has 0 radical (unpaired) electrons. The van der Waals surface area contributed by atoms with Gasteiger partial charge >= 0.3 is 17.9 Å². The lowest BCUT2D eigenvalue weighted by atomic mass is 10.1. The first kappa shape index (κ1) is 27.3. The quantitative estimate of drug-likeness (QED) is 0.220. The first-order valence-electron chi connectivity index (χ1n) is 10.5. The number of hydrogen-bond donors (Lipinski definition) is 1. The summed E-state index contributed by atoms with van der Waals surface area (Å²) in [6.07, 6.45) is 6.40. The molecule has 0 aromatic rings. The van der Waals surface area contributed by atoms with E-state index in [0.29, 0.717) is 12.8 Å². The smallest absolute Gasteiger partial charge is 0.362 e. The number of quaternary nitrogens is 1. The van der Waals surface area contributed by atoms with Crippen LogP contribution in [0.15, 0.2) is 0 Å². The fraction of sp³-hybridized carbons (Fsp3) is 0.857. The molecule has 0 heterocycles. The number of carboxylic acids is 1. The number of carbonyl (C=O) groups excluding carboxylic acids is 2. The highest BCUT2D eigenvalue weighted by Gasteiger charge is 2.31. The van der Waals surface area contributed by atoms with E-state index in [0.717, 1.165) is 19.3 Å². The van der Waals surface area contributed by atoms with Crippen LogP contribution in [0.2, 0.25) is 0 Å². The summed E-state index contributed by atoms with van der Waals surface area (Å²) in [7, 11) is 5.44. The molecular formula is C21H40NO7+. The normalized spacial score (nSPS) is 13.6. The number of ether oxygens (including phenoxy) is 3. The average molecular weight is 419 g/mol. The van der Waals surface area contributed by atoms with Gasteiger partial charge in [-0.05, 0) is 6.42 Å². The summed E-state index contributed by atoms with van der Waals surface area (Å²) in [6.45, 7) is 3.63. The zero-order valence-electron chi connectivity index (χ0n) is 18.8. The van der Waals surface area contributed by atoms with Crippen LogP contribution in [0.4, 0.5) is 0 Å². The van der Waals surface area contributed by atoms with E-state index in [4.69, 9.17) is 14.2 Å². The Bertz CT molecular complexity index is 488. The molecule has 0 saturated carbocycles. The topological polar surface area (TPSA) is 99.1 Å². The summed E-state index contributed by atoms with van der Waals surface area (Å²) in [6, 6.07) is -0.600. The molecule has 0 aliphatic heterocycles. The van der Waals surface area contributed by atoms with Gasteiger partial charge in [-0.1, -0.05) is 39.0 Å². The second kappa shape index (κ2) is 15.2. The number of rotatable bonds is 17. The van der Waals surface area contributed by atoms with E-state index >= 15 is 0 Å². The molecule has 0 aliphatic rings. The summed E-state index contributed by atoms with van der Waals surface area (Å²) < 4.78 is 16.2. The molecule has 0 bridgehead atoms. The number of unbranched alkanes of at least 4 members (excludes halogenated alkanes) is 5. The van der Waals surface area contributed by atoms with Crippen LogP contribution in [-0.2, 0) is 28.6 Å². The third kappa shape index (κ3) is 14.9. The van der Waals surface area contributed by atoms with Crippen LogP contribution in [0.5, 0.6) is 0 Å². The highest BCUT2D eigenvalue weighted by atomic mass is 16.6. The van der Waals surface area contributed by atoms with Crippen molar-refractivity contribution in [1.82, 2.24) is 0 Å². The molecule has 0 saturated heterocycles. The molecular weight excluding hydrogens is 378 g/mol. The first-order valence-corrected chi connectivity index (χ1v) is 10.5. The number of hydrogen-bond acceptors (Lipinski definition) is 6. The number of nitrogens with zero attached hydrogens (tertiary/aromatic N) is 1. The minimum absolute atomic E-state index is 0.0546. The van der Waals surface area contributed by atoms with E-state index in [-0.39, 0.29) is 30.3 Å². The van der Waals surface area contributed by atoms with E-state index < -0.39 is 24.1 Å². The molecule has 1 N–H and O–H groups in total. The SMILES string of the molecule is CCCCCCCCC(=O)OC(COCCC(C(=O)O)[N+](C)(C)C)COC(C)=O. The van der Waals surface area contributed by atoms with Crippen molar-refractivity contribution in [3.63, 3.8) is 0 Å². The molecule has 0 spiro atoms. The van der Waals surface area contributed by atoms with Crippen LogP contribution in [0.25, 0.3) is 0 Å². The predicted octanol–water partition coefficient (Wildman–Crippen LogP) is 2.78. The maximum atomic E-state index is 12.1. The number of carbonyl (C=O) groups is 3. The predicted molar refractivity (Wildman–Crippen MR) is 109 cm³/mol. The van der Waals surface area contributed by atoms with Crippen molar-refractivity contribution in [1.29, 1.82) is 0 Å². The van der Waals surface area contributed by atoms with Gasteiger partial charge in [0.1, 0.15) is 6.61 Å². The first-order chi connectivity index (χ1) is 13.6. The summed E-state index contributed by atoms with van der Waals surface area (Å²) >= 11 is 0. The lowest BCUT2D eigenvalue weighted by Gasteiger charge is -2.31. The Hall–Kier alpha value is -1.67. The van der Waals surface area contributed by atoms with Crippen molar-refractivity contribution in [2.24, 2.45) is 0 Å². The highest BCUT2D eigenvalue weighted by Crippen LogP contribution is 2.10. The van der Waals surface area contributed by atoms with Gasteiger partial charge in [0.25, 0.3) is 0 Å². The van der Waals surface area contributed by atoms with Gasteiger partial charge in [-0.2, -0.15) is 0 Å². The molecule has 8 nitrogen and oxygen atoms in total. The highest BCUT2D eigenvalue weighted by molar-refractivity contribution is 5.72. The van der Waals surface area contributed by atoms with Crippen LogP contribution in [-0.4, -0.2) is 80.6 Å². The third-order valence-corrected chi connectivity index (χ3v) is 4.56. The standard InChI is InChI=1S/C21H39NO7/c1-6-7-8-9-10-11-12-20(24)29-18(16-28-17(2)23)15-27-14-13-19(21(25)26)22(3,4)5/h18-19H,6-16H2,1-5H3/p+1. The molecule has 0 amide bonds. The molecule has 0 fully saturated rings. The zero-order chi connectivity index (χ0) is 22.3. The fourth-order valence-electron chi connectivity index (χ4n) is 2.87. The third-order valence-electron chi connectivity index (χ3n) is 4.56. The Morgan fingerprint density at radius 3 is 2.14 bits per heavy atom. The van der Waals surface area contributed by atoms with Gasteiger partial charge in [0.2, 0.25) is 0 Å². The Morgan fingerprint density at radius 1 is 0.966 bits per heavy atom. The van der Waals surface area contributed by atoms with Gasteiger partial charge < -0.3 is 23.8 Å². The zero-order valence-corrected chi connectivity index (χ0v) is 18.8. The lowest BCUT2D eigenvalue weighted by Crippen LogP contribution is -2.50. The minimum atomic E-state index is -0.886. The Kier molecular flexibility index (Phi) is 14.3. The number of esters is 2. The summed E-state index contributed by atoms with van der Waals surface area (Å²) in [5.41, 5.74) is 0. The van der Waals surface area contributed by atoms with Crippen LogP contribution in [0, 0.1) is 0 Å². The summed E-state index contributed by atoms with van der Waals surface area (Å²) in [5.74, 6) is -1.68. The minimum Gasteiger partial charge on any atom is -0.477 e. The van der Waals surface area contributed by atoms with E-state index in [1.165, 1.54) is 26.2 Å². The van der Waals surface area contributed by atoms with E-state index in [1.807, 2.05) is 21.1 Å². The largest absolute Gasteiger partial charge is 0.477 e. The van der Waals surface area contributed by atoms with E-state index in [2.05, 4.69) is 6.92 Å². The Morgan fingerprint density at radius 2 is 1.59 bits per heavy atom. The Labute approximate surface area is 175 Å². The van der Waals surface area contributed by atoms with Crippen molar-refractivity contribution in [2.75, 3.05) is 41.0 Å². The Balaban J connectivity index is 4.35. The van der Waals surface area contributed by atoms with Crippen LogP contribution < -0.4 is 0 Å². The van der Waals surface area contributed by atoms with Crippen LogP contribution >= 0.6 is 0 Å². The molecule has 170 valence electrons. The second-order valence-electron chi connectivity index (χ2n) is 8.27. The van der Waals surface area contributed by atoms with Gasteiger partial charge in [0.05, 0.1) is 34.4 Å². The van der Waals surface area contributed by atoms with Gasteiger partial charge in [0.15, 0.2) is 12.1 Å². The lowest BCUT2D eigenvalue weighted by molar-refractivity contribution is -0.887. The molecule has 2 atom stereocenters. The molecule has 2 unspecified atom stereocenters. The fourth-order valence-corrected chi connectivity index (χ4v) is 2.87.